The number of carbonyl (C=O) groups excluding carboxylic acids is 3. The Morgan fingerprint density at radius 3 is 2.46 bits per heavy atom. The molecule has 0 aliphatic carbocycles. The molecule has 0 N–H and O–H groups in total. The number of rotatable bonds is 5. The summed E-state index contributed by atoms with van der Waals surface area (Å²) in [6, 6.07) is 13.1. The molecule has 3 aliphatic heterocycles. The third kappa shape index (κ3) is 4.44. The van der Waals surface area contributed by atoms with Crippen molar-refractivity contribution >= 4 is 35.0 Å². The maximum absolute atomic E-state index is 13.4. The first-order chi connectivity index (χ1) is 17.0. The van der Waals surface area contributed by atoms with Gasteiger partial charge in [0, 0.05) is 36.6 Å². The topological polar surface area (TPSA) is 60.9 Å². The van der Waals surface area contributed by atoms with E-state index in [1.807, 2.05) is 30.3 Å². The standard InChI is InChI=1S/C28H32ClN3O3/c1-2-21-9-5-6-15-31(21)26(33)19-13-16-30(17-14-19)24-12-7-10-22-25(24)28(35)32(27(22)34)18-20-8-3-4-11-23(20)29/h3-4,7-8,10-12,19,21H,2,5-6,9,13-18H2,1H3/t21-/m1/s1. The fourth-order valence-corrected chi connectivity index (χ4v) is 6.03. The summed E-state index contributed by atoms with van der Waals surface area (Å²) < 4.78 is 0. The number of anilines is 1. The van der Waals surface area contributed by atoms with Crippen molar-refractivity contribution in [2.24, 2.45) is 5.92 Å². The summed E-state index contributed by atoms with van der Waals surface area (Å²) in [5, 5.41) is 0.537. The zero-order valence-corrected chi connectivity index (χ0v) is 21.0. The monoisotopic (exact) mass is 493 g/mol. The second kappa shape index (κ2) is 10.0. The number of amides is 3. The summed E-state index contributed by atoms with van der Waals surface area (Å²) in [5.41, 5.74) is 2.44. The van der Waals surface area contributed by atoms with Gasteiger partial charge in [0.2, 0.25) is 5.91 Å². The summed E-state index contributed by atoms with van der Waals surface area (Å²) in [7, 11) is 0. The summed E-state index contributed by atoms with van der Waals surface area (Å²) >= 11 is 6.29. The van der Waals surface area contributed by atoms with Crippen molar-refractivity contribution in [1.82, 2.24) is 9.80 Å². The summed E-state index contributed by atoms with van der Waals surface area (Å²) in [6.45, 7) is 4.59. The predicted molar refractivity (Wildman–Crippen MR) is 137 cm³/mol. The molecule has 0 unspecified atom stereocenters. The van der Waals surface area contributed by atoms with E-state index >= 15 is 0 Å². The molecule has 0 bridgehead atoms. The Morgan fingerprint density at radius 2 is 1.71 bits per heavy atom. The molecule has 35 heavy (non-hydrogen) atoms. The third-order valence-corrected chi connectivity index (χ3v) is 8.20. The largest absolute Gasteiger partial charge is 0.371 e. The normalized spacial score (nSPS) is 21.0. The van der Waals surface area contributed by atoms with E-state index in [0.29, 0.717) is 41.2 Å². The fourth-order valence-electron chi connectivity index (χ4n) is 5.84. The molecule has 2 fully saturated rings. The van der Waals surface area contributed by atoms with Crippen molar-refractivity contribution in [3.8, 4) is 0 Å². The van der Waals surface area contributed by atoms with Gasteiger partial charge in [0.25, 0.3) is 11.8 Å². The first kappa shape index (κ1) is 23.9. The van der Waals surface area contributed by atoms with Gasteiger partial charge in [-0.1, -0.05) is 42.8 Å². The SMILES string of the molecule is CC[C@@H]1CCCCN1C(=O)C1CCN(c2cccc3c2C(=O)N(Cc2ccccc2Cl)C3=O)CC1. The highest BCUT2D eigenvalue weighted by molar-refractivity contribution is 6.31. The highest BCUT2D eigenvalue weighted by Crippen LogP contribution is 2.36. The molecule has 3 heterocycles. The van der Waals surface area contributed by atoms with Crippen molar-refractivity contribution in [2.75, 3.05) is 24.5 Å². The second-order valence-electron chi connectivity index (χ2n) is 9.84. The average Bonchev–Trinajstić information content (AvgIpc) is 3.14. The fraction of sp³-hybridized carbons (Fsp3) is 0.464. The minimum absolute atomic E-state index is 0.0317. The van der Waals surface area contributed by atoms with Gasteiger partial charge in [-0.2, -0.15) is 0 Å². The molecule has 5 rings (SSSR count). The molecular formula is C28H32ClN3O3. The smallest absolute Gasteiger partial charge is 0.263 e. The van der Waals surface area contributed by atoms with Crippen LogP contribution in [-0.2, 0) is 11.3 Å². The molecule has 3 amide bonds. The van der Waals surface area contributed by atoms with Crippen LogP contribution < -0.4 is 4.90 Å². The number of hydrogen-bond donors (Lipinski definition) is 0. The number of carbonyl (C=O) groups is 3. The summed E-state index contributed by atoms with van der Waals surface area (Å²) in [5.74, 6) is -0.235. The van der Waals surface area contributed by atoms with Gasteiger partial charge in [-0.15, -0.1) is 0 Å². The Hall–Kier alpha value is -2.86. The van der Waals surface area contributed by atoms with Gasteiger partial charge in [-0.25, -0.2) is 0 Å². The molecule has 0 aromatic heterocycles. The number of halogens is 1. The highest BCUT2D eigenvalue weighted by Gasteiger charge is 2.40. The Balaban J connectivity index is 1.30. The zero-order valence-electron chi connectivity index (χ0n) is 20.2. The van der Waals surface area contributed by atoms with Crippen LogP contribution in [0, 0.1) is 5.92 Å². The minimum Gasteiger partial charge on any atom is -0.371 e. The van der Waals surface area contributed by atoms with Gasteiger partial charge in [0.15, 0.2) is 0 Å². The third-order valence-electron chi connectivity index (χ3n) is 7.83. The van der Waals surface area contributed by atoms with E-state index in [0.717, 1.165) is 49.9 Å². The molecule has 0 radical (unpaired) electrons. The van der Waals surface area contributed by atoms with Gasteiger partial charge in [0.05, 0.1) is 23.4 Å². The molecule has 2 aromatic carbocycles. The van der Waals surface area contributed by atoms with E-state index in [1.165, 1.54) is 11.3 Å². The number of likely N-dealkylation sites (tertiary alicyclic amines) is 1. The van der Waals surface area contributed by atoms with E-state index in [4.69, 9.17) is 11.6 Å². The van der Waals surface area contributed by atoms with Crippen molar-refractivity contribution in [3.05, 3.63) is 64.2 Å². The first-order valence-electron chi connectivity index (χ1n) is 12.8. The Bertz CT molecular complexity index is 1140. The van der Waals surface area contributed by atoms with E-state index in [-0.39, 0.29) is 24.3 Å². The van der Waals surface area contributed by atoms with Gasteiger partial charge < -0.3 is 9.80 Å². The van der Waals surface area contributed by atoms with Crippen LogP contribution in [0.4, 0.5) is 5.69 Å². The lowest BCUT2D eigenvalue weighted by atomic mass is 9.91. The lowest BCUT2D eigenvalue weighted by Gasteiger charge is -2.40. The van der Waals surface area contributed by atoms with Crippen LogP contribution in [0.15, 0.2) is 42.5 Å². The van der Waals surface area contributed by atoms with Crippen molar-refractivity contribution in [2.45, 2.75) is 58.0 Å². The van der Waals surface area contributed by atoms with Crippen molar-refractivity contribution in [3.63, 3.8) is 0 Å². The van der Waals surface area contributed by atoms with Crippen molar-refractivity contribution in [1.29, 1.82) is 0 Å². The van der Waals surface area contributed by atoms with E-state index in [2.05, 4.69) is 16.7 Å². The first-order valence-corrected chi connectivity index (χ1v) is 13.2. The predicted octanol–water partition coefficient (Wildman–Crippen LogP) is 5.14. The molecule has 0 spiro atoms. The second-order valence-corrected chi connectivity index (χ2v) is 10.2. The Kier molecular flexibility index (Phi) is 6.83. The van der Waals surface area contributed by atoms with Crippen LogP contribution in [0.2, 0.25) is 5.02 Å². The van der Waals surface area contributed by atoms with Crippen LogP contribution >= 0.6 is 11.6 Å². The molecule has 184 valence electrons. The van der Waals surface area contributed by atoms with E-state index < -0.39 is 0 Å². The van der Waals surface area contributed by atoms with Crippen LogP contribution in [-0.4, -0.2) is 53.2 Å². The summed E-state index contributed by atoms with van der Waals surface area (Å²) in [6.07, 6.45) is 5.96. The van der Waals surface area contributed by atoms with Crippen LogP contribution in [0.5, 0.6) is 0 Å². The Morgan fingerprint density at radius 1 is 0.943 bits per heavy atom. The molecular weight excluding hydrogens is 462 g/mol. The lowest BCUT2D eigenvalue weighted by Crippen LogP contribution is -2.48. The minimum atomic E-state index is -0.285. The zero-order chi connectivity index (χ0) is 24.5. The van der Waals surface area contributed by atoms with Gasteiger partial charge in [-0.05, 0) is 62.3 Å². The Labute approximate surface area is 211 Å². The molecule has 3 aliphatic rings. The van der Waals surface area contributed by atoms with Crippen LogP contribution in [0.3, 0.4) is 0 Å². The number of hydrogen-bond acceptors (Lipinski definition) is 4. The molecule has 2 aromatic rings. The van der Waals surface area contributed by atoms with Gasteiger partial charge in [0.1, 0.15) is 0 Å². The van der Waals surface area contributed by atoms with Gasteiger partial charge in [-0.3, -0.25) is 19.3 Å². The number of piperidine rings is 2. The maximum atomic E-state index is 13.4. The number of fused-ring (bicyclic) bond motifs is 1. The van der Waals surface area contributed by atoms with E-state index in [9.17, 15) is 14.4 Å². The molecule has 6 nitrogen and oxygen atoms in total. The highest BCUT2D eigenvalue weighted by atomic mass is 35.5. The summed E-state index contributed by atoms with van der Waals surface area (Å²) in [4.78, 5) is 45.4. The number of benzene rings is 2. The molecule has 1 atom stereocenters. The van der Waals surface area contributed by atoms with Gasteiger partial charge >= 0.3 is 0 Å². The van der Waals surface area contributed by atoms with E-state index in [1.54, 1.807) is 12.1 Å². The molecule has 2 saturated heterocycles. The molecule has 0 saturated carbocycles. The molecule has 7 heteroatoms. The number of nitrogens with zero attached hydrogens (tertiary/aromatic N) is 3. The van der Waals surface area contributed by atoms with Crippen LogP contribution in [0.1, 0.15) is 71.7 Å². The average molecular weight is 494 g/mol. The quantitative estimate of drug-likeness (QED) is 0.541. The van der Waals surface area contributed by atoms with Crippen molar-refractivity contribution < 1.29 is 14.4 Å². The number of imide groups is 1. The van der Waals surface area contributed by atoms with Crippen LogP contribution in [0.25, 0.3) is 0 Å². The maximum Gasteiger partial charge on any atom is 0.263 e. The lowest BCUT2D eigenvalue weighted by molar-refractivity contribution is -0.140.